The number of benzene rings is 3. The van der Waals surface area contributed by atoms with E-state index in [0.717, 1.165) is 33.4 Å². The van der Waals surface area contributed by atoms with E-state index in [4.69, 9.17) is 5.73 Å². The molecule has 0 aliphatic carbocycles. The second-order valence-corrected chi connectivity index (χ2v) is 12.2. The van der Waals surface area contributed by atoms with Crippen molar-refractivity contribution in [2.45, 2.75) is 31.0 Å². The number of halogens is 3. The molecule has 1 saturated heterocycles. The maximum atomic E-state index is 14.6. The van der Waals surface area contributed by atoms with Crippen molar-refractivity contribution in [2.24, 2.45) is 5.73 Å². The van der Waals surface area contributed by atoms with Gasteiger partial charge in [0.15, 0.2) is 0 Å². The molecule has 4 aromatic rings. The highest BCUT2D eigenvalue weighted by molar-refractivity contribution is 7.89. The van der Waals surface area contributed by atoms with E-state index in [2.05, 4.69) is 0 Å². The highest BCUT2D eigenvalue weighted by atomic mass is 32.2. The molecule has 43 heavy (non-hydrogen) atoms. The summed E-state index contributed by atoms with van der Waals surface area (Å²) in [7, 11) is -3.92. The van der Waals surface area contributed by atoms with Crippen molar-refractivity contribution in [3.05, 3.63) is 128 Å². The van der Waals surface area contributed by atoms with Gasteiger partial charge in [-0.25, -0.2) is 26.4 Å². The number of aromatic nitrogens is 2. The molecule has 9 nitrogen and oxygen atoms in total. The molecule has 13 heteroatoms. The minimum absolute atomic E-state index is 0.00316. The first-order chi connectivity index (χ1) is 20.5. The van der Waals surface area contributed by atoms with Crippen LogP contribution in [-0.4, -0.2) is 48.0 Å². The Kier molecular flexibility index (Phi) is 8.58. The molecule has 1 atom stereocenters. The molecule has 1 fully saturated rings. The number of sulfonamides is 1. The van der Waals surface area contributed by atoms with Crippen LogP contribution in [0.15, 0.2) is 87.3 Å². The molecule has 226 valence electrons. The zero-order chi connectivity index (χ0) is 30.9. The maximum Gasteiger partial charge on any atom is 0.331 e. The van der Waals surface area contributed by atoms with Gasteiger partial charge >= 0.3 is 5.69 Å². The van der Waals surface area contributed by atoms with Crippen molar-refractivity contribution in [3.63, 3.8) is 0 Å². The van der Waals surface area contributed by atoms with Crippen molar-refractivity contribution in [1.29, 1.82) is 0 Å². The van der Waals surface area contributed by atoms with Crippen molar-refractivity contribution in [3.8, 4) is 0 Å². The standard InChI is InChI=1S/C30H30F3N5O4S/c1-20-28(35-14-16-36(17-15-35)43(41,42)23-12-10-22(31)11-13-23)29(39)38(19-27(34)21-6-3-2-4-7-21)30(40)37(20)18-24-25(32)8-5-9-26(24)33/h2-13,27H,14-19,34H2,1H3. The fourth-order valence-electron chi connectivity index (χ4n) is 5.25. The summed E-state index contributed by atoms with van der Waals surface area (Å²) in [5.41, 5.74) is 5.58. The number of anilines is 1. The average molecular weight is 614 g/mol. The van der Waals surface area contributed by atoms with Gasteiger partial charge in [0, 0.05) is 43.5 Å². The van der Waals surface area contributed by atoms with Crippen LogP contribution in [0.3, 0.4) is 0 Å². The number of hydrogen-bond acceptors (Lipinski definition) is 6. The Morgan fingerprint density at radius 3 is 2.02 bits per heavy atom. The van der Waals surface area contributed by atoms with E-state index in [1.807, 2.05) is 0 Å². The second kappa shape index (κ2) is 12.2. The smallest absolute Gasteiger partial charge is 0.331 e. The molecular formula is C30H30F3N5O4S. The fraction of sp³-hybridized carbons (Fsp3) is 0.267. The molecule has 1 aliphatic rings. The molecular weight excluding hydrogens is 583 g/mol. The van der Waals surface area contributed by atoms with E-state index < -0.39 is 51.3 Å². The van der Waals surface area contributed by atoms with E-state index in [9.17, 15) is 31.2 Å². The number of piperazine rings is 1. The lowest BCUT2D eigenvalue weighted by atomic mass is 10.1. The Labute approximate surface area is 246 Å². The summed E-state index contributed by atoms with van der Waals surface area (Å²) in [4.78, 5) is 29.2. The molecule has 1 aromatic heterocycles. The Bertz CT molecular complexity index is 1830. The maximum absolute atomic E-state index is 14.6. The molecule has 0 amide bonds. The first kappa shape index (κ1) is 30.3. The van der Waals surface area contributed by atoms with Crippen LogP contribution in [0.1, 0.15) is 22.9 Å². The lowest BCUT2D eigenvalue weighted by Gasteiger charge is -2.36. The predicted molar refractivity (Wildman–Crippen MR) is 156 cm³/mol. The molecule has 0 saturated carbocycles. The normalized spacial score (nSPS) is 15.0. The quantitative estimate of drug-likeness (QED) is 0.327. The van der Waals surface area contributed by atoms with Crippen LogP contribution >= 0.6 is 0 Å². The molecule has 0 radical (unpaired) electrons. The molecule has 1 unspecified atom stereocenters. The minimum atomic E-state index is -3.92. The largest absolute Gasteiger partial charge is 0.363 e. The molecule has 0 bridgehead atoms. The SMILES string of the molecule is Cc1c(N2CCN(S(=O)(=O)c3ccc(F)cc3)CC2)c(=O)n(CC(N)c2ccccc2)c(=O)n1Cc1c(F)cccc1F. The number of nitrogens with zero attached hydrogens (tertiary/aromatic N) is 4. The summed E-state index contributed by atoms with van der Waals surface area (Å²) in [5.74, 6) is -2.25. The highest BCUT2D eigenvalue weighted by Gasteiger charge is 2.31. The Morgan fingerprint density at radius 1 is 0.814 bits per heavy atom. The zero-order valence-corrected chi connectivity index (χ0v) is 24.1. The monoisotopic (exact) mass is 613 g/mol. The van der Waals surface area contributed by atoms with Gasteiger partial charge in [-0.05, 0) is 48.9 Å². The summed E-state index contributed by atoms with van der Waals surface area (Å²) >= 11 is 0. The topological polar surface area (TPSA) is 111 Å². The molecule has 3 aromatic carbocycles. The van der Waals surface area contributed by atoms with Crippen molar-refractivity contribution >= 4 is 15.7 Å². The Balaban J connectivity index is 1.53. The van der Waals surface area contributed by atoms with Gasteiger partial charge in [0.2, 0.25) is 10.0 Å². The van der Waals surface area contributed by atoms with Gasteiger partial charge in [0.25, 0.3) is 5.56 Å². The van der Waals surface area contributed by atoms with E-state index in [-0.39, 0.29) is 54.6 Å². The minimum Gasteiger partial charge on any atom is -0.363 e. The predicted octanol–water partition coefficient (Wildman–Crippen LogP) is 2.99. The van der Waals surface area contributed by atoms with Crippen molar-refractivity contribution in [2.75, 3.05) is 31.1 Å². The third-order valence-electron chi connectivity index (χ3n) is 7.65. The summed E-state index contributed by atoms with van der Waals surface area (Å²) in [5, 5.41) is 0. The van der Waals surface area contributed by atoms with E-state index in [1.54, 1.807) is 35.2 Å². The van der Waals surface area contributed by atoms with Gasteiger partial charge in [0.05, 0.1) is 18.0 Å². The Morgan fingerprint density at radius 2 is 1.42 bits per heavy atom. The molecule has 1 aliphatic heterocycles. The van der Waals surface area contributed by atoms with Gasteiger partial charge in [0.1, 0.15) is 23.1 Å². The van der Waals surface area contributed by atoms with E-state index in [0.29, 0.717) is 5.56 Å². The summed E-state index contributed by atoms with van der Waals surface area (Å²) in [6.45, 7) is 1.02. The van der Waals surface area contributed by atoms with Crippen LogP contribution in [0, 0.1) is 24.4 Å². The third kappa shape index (κ3) is 6.01. The highest BCUT2D eigenvalue weighted by Crippen LogP contribution is 2.23. The molecule has 0 spiro atoms. The lowest BCUT2D eigenvalue weighted by molar-refractivity contribution is 0.382. The third-order valence-corrected chi connectivity index (χ3v) is 9.56. The number of rotatable bonds is 8. The van der Waals surface area contributed by atoms with Gasteiger partial charge in [-0.1, -0.05) is 36.4 Å². The fourth-order valence-corrected chi connectivity index (χ4v) is 6.67. The van der Waals surface area contributed by atoms with Crippen LogP contribution in [0.4, 0.5) is 18.9 Å². The van der Waals surface area contributed by atoms with Crippen LogP contribution in [0.5, 0.6) is 0 Å². The molecule has 5 rings (SSSR count). The zero-order valence-electron chi connectivity index (χ0n) is 23.3. The summed E-state index contributed by atoms with van der Waals surface area (Å²) in [6.07, 6.45) is 0. The lowest BCUT2D eigenvalue weighted by Crippen LogP contribution is -2.52. The van der Waals surface area contributed by atoms with Gasteiger partial charge in [-0.15, -0.1) is 0 Å². The Hall–Kier alpha value is -4.20. The van der Waals surface area contributed by atoms with Gasteiger partial charge in [-0.2, -0.15) is 4.31 Å². The summed E-state index contributed by atoms with van der Waals surface area (Å²) < 4.78 is 72.3. The van der Waals surface area contributed by atoms with Crippen LogP contribution in [-0.2, 0) is 23.1 Å². The average Bonchev–Trinajstić information content (AvgIpc) is 2.99. The van der Waals surface area contributed by atoms with Crippen LogP contribution in [0.2, 0.25) is 0 Å². The van der Waals surface area contributed by atoms with Crippen molar-refractivity contribution < 1.29 is 21.6 Å². The van der Waals surface area contributed by atoms with Crippen LogP contribution in [0.25, 0.3) is 0 Å². The second-order valence-electron chi connectivity index (χ2n) is 10.3. The van der Waals surface area contributed by atoms with E-state index in [1.165, 1.54) is 29.4 Å². The molecule has 2 N–H and O–H groups in total. The number of nitrogens with two attached hydrogens (primary N) is 1. The van der Waals surface area contributed by atoms with Gasteiger partial charge < -0.3 is 10.6 Å². The summed E-state index contributed by atoms with van der Waals surface area (Å²) in [6, 6.07) is 16.0. The number of hydrogen-bond donors (Lipinski definition) is 1. The van der Waals surface area contributed by atoms with Crippen LogP contribution < -0.4 is 21.9 Å². The van der Waals surface area contributed by atoms with Gasteiger partial charge in [-0.3, -0.25) is 13.9 Å². The van der Waals surface area contributed by atoms with E-state index >= 15 is 0 Å². The first-order valence-corrected chi connectivity index (χ1v) is 15.0. The van der Waals surface area contributed by atoms with Crippen molar-refractivity contribution in [1.82, 2.24) is 13.4 Å². The molecule has 2 heterocycles. The first-order valence-electron chi connectivity index (χ1n) is 13.6.